The number of hydrogen-bond donors (Lipinski definition) is 1. The van der Waals surface area contributed by atoms with Gasteiger partial charge in [0.2, 0.25) is 0 Å². The van der Waals surface area contributed by atoms with Crippen LogP contribution in [0.1, 0.15) is 16.7 Å². The van der Waals surface area contributed by atoms with Crippen LogP contribution in [0, 0.1) is 6.92 Å². The summed E-state index contributed by atoms with van der Waals surface area (Å²) >= 11 is 9.36. The van der Waals surface area contributed by atoms with Crippen LogP contribution in [-0.4, -0.2) is 17.8 Å². The molecule has 3 aromatic rings. The summed E-state index contributed by atoms with van der Waals surface area (Å²) in [7, 11) is 0. The van der Waals surface area contributed by atoms with E-state index in [1.54, 1.807) is 30.3 Å². The van der Waals surface area contributed by atoms with Gasteiger partial charge in [-0.2, -0.15) is 0 Å². The molecule has 4 amide bonds. The number of imide groups is 2. The maximum atomic E-state index is 13.0. The average Bonchev–Trinajstić information content (AvgIpc) is 2.78. The molecule has 0 spiro atoms. The average molecular weight is 526 g/mol. The van der Waals surface area contributed by atoms with Crippen molar-refractivity contribution in [2.75, 3.05) is 4.90 Å². The van der Waals surface area contributed by atoms with Gasteiger partial charge < -0.3 is 4.74 Å². The van der Waals surface area contributed by atoms with Gasteiger partial charge in [0.05, 0.1) is 10.2 Å². The second-order valence-electron chi connectivity index (χ2n) is 7.40. The van der Waals surface area contributed by atoms with Crippen LogP contribution in [0.4, 0.5) is 10.5 Å². The first-order valence-electron chi connectivity index (χ1n) is 9.97. The lowest BCUT2D eigenvalue weighted by atomic mass is 10.1. The first-order valence-corrected chi connectivity index (χ1v) is 11.1. The normalized spacial score (nSPS) is 15.1. The smallest absolute Gasteiger partial charge is 0.335 e. The second-order valence-corrected chi connectivity index (χ2v) is 8.69. The highest BCUT2D eigenvalue weighted by molar-refractivity contribution is 9.10. The summed E-state index contributed by atoms with van der Waals surface area (Å²) in [5.74, 6) is -0.858. The third-order valence-corrected chi connectivity index (χ3v) is 5.84. The lowest BCUT2D eigenvalue weighted by Crippen LogP contribution is -2.54. The van der Waals surface area contributed by atoms with Gasteiger partial charge in [-0.05, 0) is 76.5 Å². The summed E-state index contributed by atoms with van der Waals surface area (Å²) < 4.78 is 6.54. The predicted octanol–water partition coefficient (Wildman–Crippen LogP) is 5.66. The number of hydrogen-bond acceptors (Lipinski definition) is 4. The van der Waals surface area contributed by atoms with Crippen molar-refractivity contribution in [3.05, 3.63) is 98.5 Å². The third kappa shape index (κ3) is 5.16. The maximum Gasteiger partial charge on any atom is 0.335 e. The molecule has 1 aliphatic heterocycles. The molecule has 1 fully saturated rings. The number of ether oxygens (including phenoxy) is 1. The number of carbonyl (C=O) groups is 3. The Labute approximate surface area is 203 Å². The van der Waals surface area contributed by atoms with Gasteiger partial charge >= 0.3 is 6.03 Å². The highest BCUT2D eigenvalue weighted by atomic mass is 79.9. The molecule has 1 aliphatic rings. The van der Waals surface area contributed by atoms with Gasteiger partial charge in [0.25, 0.3) is 11.8 Å². The topological polar surface area (TPSA) is 75.7 Å². The van der Waals surface area contributed by atoms with Crippen LogP contribution in [0.5, 0.6) is 5.75 Å². The number of barbiturate groups is 1. The minimum absolute atomic E-state index is 0.162. The number of rotatable bonds is 5. The zero-order chi connectivity index (χ0) is 23.5. The van der Waals surface area contributed by atoms with E-state index in [4.69, 9.17) is 16.3 Å². The fourth-order valence-corrected chi connectivity index (χ4v) is 3.86. The van der Waals surface area contributed by atoms with Gasteiger partial charge in [0.1, 0.15) is 17.9 Å². The molecular formula is C25H18BrClN2O4. The Morgan fingerprint density at radius 2 is 1.70 bits per heavy atom. The number of nitrogens with one attached hydrogen (secondary N) is 1. The van der Waals surface area contributed by atoms with E-state index < -0.39 is 17.8 Å². The Kier molecular flexibility index (Phi) is 6.62. The van der Waals surface area contributed by atoms with Crippen LogP contribution in [0.2, 0.25) is 5.02 Å². The Morgan fingerprint density at radius 3 is 2.36 bits per heavy atom. The van der Waals surface area contributed by atoms with E-state index in [0.29, 0.717) is 33.1 Å². The number of amides is 4. The minimum Gasteiger partial charge on any atom is -0.488 e. The van der Waals surface area contributed by atoms with Crippen molar-refractivity contribution in [2.24, 2.45) is 0 Å². The summed E-state index contributed by atoms with van der Waals surface area (Å²) in [6.07, 6.45) is 1.43. The lowest BCUT2D eigenvalue weighted by molar-refractivity contribution is -0.122. The number of nitrogens with zero attached hydrogens (tertiary/aromatic N) is 1. The number of benzene rings is 3. The standard InChI is InChI=1S/C25H18BrClN2O4/c1-15-2-4-16(5-3-15)14-33-22-11-6-17(13-21(22)26)12-20-23(30)28-25(32)29(24(20)31)19-9-7-18(27)8-10-19/h2-13H,14H2,1H3,(H,28,30,32)/b20-12+. The molecule has 0 bridgehead atoms. The predicted molar refractivity (Wildman–Crippen MR) is 130 cm³/mol. The van der Waals surface area contributed by atoms with E-state index in [1.165, 1.54) is 23.8 Å². The van der Waals surface area contributed by atoms with Crippen molar-refractivity contribution in [2.45, 2.75) is 13.5 Å². The molecule has 4 rings (SSSR count). The largest absolute Gasteiger partial charge is 0.488 e. The van der Waals surface area contributed by atoms with E-state index in [1.807, 2.05) is 31.2 Å². The molecule has 1 heterocycles. The van der Waals surface area contributed by atoms with Gasteiger partial charge in [0, 0.05) is 5.02 Å². The number of carbonyl (C=O) groups excluding carboxylic acids is 3. The number of aryl methyl sites for hydroxylation is 1. The summed E-state index contributed by atoms with van der Waals surface area (Å²) in [6.45, 7) is 2.43. The van der Waals surface area contributed by atoms with Crippen LogP contribution in [0.25, 0.3) is 6.08 Å². The Morgan fingerprint density at radius 1 is 1.00 bits per heavy atom. The van der Waals surface area contributed by atoms with E-state index >= 15 is 0 Å². The number of halogens is 2. The SMILES string of the molecule is Cc1ccc(COc2ccc(/C=C3\C(=O)NC(=O)N(c4ccc(Cl)cc4)C3=O)cc2Br)cc1. The molecule has 3 aromatic carbocycles. The molecule has 0 saturated carbocycles. The van der Waals surface area contributed by atoms with Gasteiger partial charge in [-0.1, -0.05) is 47.5 Å². The zero-order valence-electron chi connectivity index (χ0n) is 17.5. The van der Waals surface area contributed by atoms with Gasteiger partial charge in [-0.25, -0.2) is 9.69 Å². The van der Waals surface area contributed by atoms with Gasteiger partial charge in [-0.15, -0.1) is 0 Å². The lowest BCUT2D eigenvalue weighted by Gasteiger charge is -2.26. The third-order valence-electron chi connectivity index (χ3n) is 4.97. The number of urea groups is 1. The van der Waals surface area contributed by atoms with Crippen LogP contribution >= 0.6 is 27.5 Å². The maximum absolute atomic E-state index is 13.0. The summed E-state index contributed by atoms with van der Waals surface area (Å²) in [5.41, 5.74) is 2.95. The fourth-order valence-electron chi connectivity index (χ4n) is 3.22. The van der Waals surface area contributed by atoms with Crippen molar-refractivity contribution in [1.82, 2.24) is 5.32 Å². The molecule has 166 valence electrons. The van der Waals surface area contributed by atoms with Crippen molar-refractivity contribution in [1.29, 1.82) is 0 Å². The van der Waals surface area contributed by atoms with E-state index in [-0.39, 0.29) is 5.57 Å². The van der Waals surface area contributed by atoms with Gasteiger partial charge in [-0.3, -0.25) is 14.9 Å². The molecule has 0 aromatic heterocycles. The van der Waals surface area contributed by atoms with Crippen molar-refractivity contribution in [3.8, 4) is 5.75 Å². The monoisotopic (exact) mass is 524 g/mol. The first-order chi connectivity index (χ1) is 15.8. The highest BCUT2D eigenvalue weighted by Gasteiger charge is 2.36. The van der Waals surface area contributed by atoms with Crippen LogP contribution in [0.15, 0.2) is 76.8 Å². The van der Waals surface area contributed by atoms with Crippen molar-refractivity contribution >= 4 is 57.1 Å². The molecule has 6 nitrogen and oxygen atoms in total. The quantitative estimate of drug-likeness (QED) is 0.345. The Balaban J connectivity index is 1.55. The van der Waals surface area contributed by atoms with Crippen LogP contribution < -0.4 is 15.0 Å². The molecule has 0 aliphatic carbocycles. The van der Waals surface area contributed by atoms with Crippen LogP contribution in [-0.2, 0) is 16.2 Å². The van der Waals surface area contributed by atoms with Crippen molar-refractivity contribution < 1.29 is 19.1 Å². The zero-order valence-corrected chi connectivity index (χ0v) is 19.8. The fraction of sp³-hybridized carbons (Fsp3) is 0.0800. The highest BCUT2D eigenvalue weighted by Crippen LogP contribution is 2.29. The minimum atomic E-state index is -0.814. The second kappa shape index (κ2) is 9.60. The molecule has 0 unspecified atom stereocenters. The molecule has 1 saturated heterocycles. The molecule has 0 radical (unpaired) electrons. The molecule has 1 N–H and O–H groups in total. The molecular weight excluding hydrogens is 508 g/mol. The van der Waals surface area contributed by atoms with E-state index in [2.05, 4.69) is 21.2 Å². The van der Waals surface area contributed by atoms with Gasteiger partial charge in [0.15, 0.2) is 0 Å². The molecule has 8 heteroatoms. The Hall–Kier alpha value is -3.42. The molecule has 0 atom stereocenters. The van der Waals surface area contributed by atoms with E-state index in [0.717, 1.165) is 10.5 Å². The van der Waals surface area contributed by atoms with Crippen LogP contribution in [0.3, 0.4) is 0 Å². The summed E-state index contributed by atoms with van der Waals surface area (Å²) in [4.78, 5) is 38.6. The summed E-state index contributed by atoms with van der Waals surface area (Å²) in [5, 5.41) is 2.66. The van der Waals surface area contributed by atoms with E-state index in [9.17, 15) is 14.4 Å². The Bertz CT molecular complexity index is 1270. The summed E-state index contributed by atoms with van der Waals surface area (Å²) in [6, 6.07) is 18.6. The number of anilines is 1. The molecule has 33 heavy (non-hydrogen) atoms. The first kappa shape index (κ1) is 22.8. The van der Waals surface area contributed by atoms with Crippen molar-refractivity contribution in [3.63, 3.8) is 0 Å².